The monoisotopic (exact) mass is 478 g/mol. The molecular weight excluding hydrogens is 452 g/mol. The molecule has 5 rings (SSSR count). The van der Waals surface area contributed by atoms with Gasteiger partial charge in [-0.25, -0.2) is 4.98 Å². The summed E-state index contributed by atoms with van der Waals surface area (Å²) in [6.45, 7) is 8.48. The molecule has 0 saturated carbocycles. The lowest BCUT2D eigenvalue weighted by atomic mass is 10.1. The number of amides is 3. The van der Waals surface area contributed by atoms with Crippen LogP contribution in [0, 0.1) is 5.92 Å². The first kappa shape index (κ1) is 22.6. The second-order valence-electron chi connectivity index (χ2n) is 9.04. The van der Waals surface area contributed by atoms with Gasteiger partial charge in [0.1, 0.15) is 0 Å². The predicted molar refractivity (Wildman–Crippen MR) is 130 cm³/mol. The molecule has 3 amide bonds. The van der Waals surface area contributed by atoms with E-state index in [0.29, 0.717) is 22.8 Å². The van der Waals surface area contributed by atoms with Crippen LogP contribution in [0.15, 0.2) is 36.4 Å². The Morgan fingerprint density at radius 3 is 2.62 bits per heavy atom. The van der Waals surface area contributed by atoms with Gasteiger partial charge in [0, 0.05) is 31.7 Å². The molecule has 0 aliphatic carbocycles. The fourth-order valence-corrected chi connectivity index (χ4v) is 5.20. The number of thiazole rings is 1. The Kier molecular flexibility index (Phi) is 6.16. The number of carbonyl (C=O) groups excluding carboxylic acids is 3. The summed E-state index contributed by atoms with van der Waals surface area (Å²) in [6, 6.07) is 10.8. The molecule has 1 N–H and O–H groups in total. The highest BCUT2D eigenvalue weighted by Crippen LogP contribution is 2.29. The van der Waals surface area contributed by atoms with Crippen molar-refractivity contribution in [2.45, 2.75) is 20.4 Å². The zero-order chi connectivity index (χ0) is 23.8. The molecular formula is C25H26N4O4S. The first-order valence-corrected chi connectivity index (χ1v) is 12.2. The van der Waals surface area contributed by atoms with Gasteiger partial charge in [0.15, 0.2) is 5.13 Å². The lowest BCUT2D eigenvalue weighted by molar-refractivity contribution is 0.0342. The number of hydrogen-bond donors (Lipinski definition) is 1. The molecule has 34 heavy (non-hydrogen) atoms. The van der Waals surface area contributed by atoms with Crippen LogP contribution in [-0.2, 0) is 11.3 Å². The van der Waals surface area contributed by atoms with Gasteiger partial charge in [0.25, 0.3) is 17.7 Å². The lowest BCUT2D eigenvalue weighted by Gasteiger charge is -2.26. The van der Waals surface area contributed by atoms with Crippen molar-refractivity contribution in [3.8, 4) is 0 Å². The third-order valence-electron chi connectivity index (χ3n) is 5.96. The SMILES string of the molecule is CC(C)CN1C(=O)c2ccc(C(=O)Nc3nc4ccc(CN5CCOCC5)cc4s3)cc2C1=O. The molecule has 176 valence electrons. The van der Waals surface area contributed by atoms with E-state index in [-0.39, 0.29) is 29.2 Å². The second kappa shape index (κ2) is 9.25. The highest BCUT2D eigenvalue weighted by molar-refractivity contribution is 7.22. The van der Waals surface area contributed by atoms with E-state index >= 15 is 0 Å². The predicted octanol–water partition coefficient (Wildman–Crippen LogP) is 3.63. The van der Waals surface area contributed by atoms with Crippen LogP contribution in [0.3, 0.4) is 0 Å². The van der Waals surface area contributed by atoms with Gasteiger partial charge in [0.2, 0.25) is 0 Å². The molecule has 8 nitrogen and oxygen atoms in total. The molecule has 1 aromatic heterocycles. The van der Waals surface area contributed by atoms with E-state index in [2.05, 4.69) is 27.3 Å². The minimum atomic E-state index is -0.363. The third kappa shape index (κ3) is 4.46. The zero-order valence-corrected chi connectivity index (χ0v) is 20.0. The number of fused-ring (bicyclic) bond motifs is 2. The Balaban J connectivity index is 1.31. The summed E-state index contributed by atoms with van der Waals surface area (Å²) in [4.78, 5) is 46.3. The van der Waals surface area contributed by atoms with Gasteiger partial charge in [-0.05, 0) is 41.8 Å². The number of imide groups is 1. The molecule has 2 aliphatic rings. The maximum atomic E-state index is 12.9. The van der Waals surface area contributed by atoms with E-state index in [9.17, 15) is 14.4 Å². The normalized spacial score (nSPS) is 16.5. The Morgan fingerprint density at radius 2 is 1.85 bits per heavy atom. The second-order valence-corrected chi connectivity index (χ2v) is 10.1. The molecule has 3 heterocycles. The number of carbonyl (C=O) groups is 3. The molecule has 2 aromatic carbocycles. The Morgan fingerprint density at radius 1 is 1.09 bits per heavy atom. The fraction of sp³-hybridized carbons (Fsp3) is 0.360. The number of anilines is 1. The van der Waals surface area contributed by atoms with Crippen molar-refractivity contribution in [3.05, 3.63) is 58.7 Å². The number of rotatable bonds is 6. The number of nitrogens with zero attached hydrogens (tertiary/aromatic N) is 3. The van der Waals surface area contributed by atoms with Crippen molar-refractivity contribution in [2.24, 2.45) is 5.92 Å². The van der Waals surface area contributed by atoms with Crippen LogP contribution in [0.5, 0.6) is 0 Å². The van der Waals surface area contributed by atoms with Crippen molar-refractivity contribution in [2.75, 3.05) is 38.2 Å². The van der Waals surface area contributed by atoms with Gasteiger partial charge in [0.05, 0.1) is 34.6 Å². The summed E-state index contributed by atoms with van der Waals surface area (Å²) < 4.78 is 6.41. The van der Waals surface area contributed by atoms with Gasteiger partial charge in [-0.1, -0.05) is 31.3 Å². The first-order chi connectivity index (χ1) is 16.4. The van der Waals surface area contributed by atoms with Gasteiger partial charge in [-0.15, -0.1) is 0 Å². The highest BCUT2D eigenvalue weighted by atomic mass is 32.1. The van der Waals surface area contributed by atoms with Crippen molar-refractivity contribution in [3.63, 3.8) is 0 Å². The molecule has 1 fully saturated rings. The van der Waals surface area contributed by atoms with Gasteiger partial charge in [-0.2, -0.15) is 0 Å². The van der Waals surface area contributed by atoms with E-state index in [1.165, 1.54) is 27.9 Å². The quantitative estimate of drug-likeness (QED) is 0.544. The Bertz CT molecular complexity index is 1280. The first-order valence-electron chi connectivity index (χ1n) is 11.4. The fourth-order valence-electron chi connectivity index (χ4n) is 4.27. The number of nitrogens with one attached hydrogen (secondary N) is 1. The Hall–Kier alpha value is -3.14. The van der Waals surface area contributed by atoms with Gasteiger partial charge >= 0.3 is 0 Å². The molecule has 0 atom stereocenters. The average molecular weight is 479 g/mol. The van der Waals surface area contributed by atoms with Crippen LogP contribution in [0.1, 0.15) is 50.5 Å². The average Bonchev–Trinajstić information content (AvgIpc) is 3.32. The minimum absolute atomic E-state index is 0.165. The molecule has 1 saturated heterocycles. The zero-order valence-electron chi connectivity index (χ0n) is 19.2. The molecule has 0 bridgehead atoms. The summed E-state index contributed by atoms with van der Waals surface area (Å²) in [7, 11) is 0. The van der Waals surface area contributed by atoms with E-state index in [0.717, 1.165) is 43.1 Å². The topological polar surface area (TPSA) is 91.8 Å². The van der Waals surface area contributed by atoms with E-state index in [4.69, 9.17) is 4.74 Å². The number of benzene rings is 2. The maximum absolute atomic E-state index is 12.9. The highest BCUT2D eigenvalue weighted by Gasteiger charge is 2.36. The van der Waals surface area contributed by atoms with Crippen LogP contribution in [0.2, 0.25) is 0 Å². The summed E-state index contributed by atoms with van der Waals surface area (Å²) in [5.74, 6) is -0.854. The standard InChI is InChI=1S/C25H26N4O4S/c1-15(2)13-29-23(31)18-5-4-17(12-19(18)24(29)32)22(30)27-25-26-20-6-3-16(11-21(20)34-25)14-28-7-9-33-10-8-28/h3-6,11-12,15H,7-10,13-14H2,1-2H3,(H,26,27,30). The van der Waals surface area contributed by atoms with Gasteiger partial charge < -0.3 is 4.74 Å². The largest absolute Gasteiger partial charge is 0.379 e. The van der Waals surface area contributed by atoms with Crippen LogP contribution in [-0.4, -0.2) is 65.4 Å². The van der Waals surface area contributed by atoms with E-state index < -0.39 is 0 Å². The molecule has 0 spiro atoms. The molecule has 3 aromatic rings. The van der Waals surface area contributed by atoms with Gasteiger partial charge in [-0.3, -0.25) is 29.5 Å². The van der Waals surface area contributed by atoms with Crippen molar-refractivity contribution >= 4 is 44.4 Å². The van der Waals surface area contributed by atoms with E-state index in [1.807, 2.05) is 19.9 Å². The third-order valence-corrected chi connectivity index (χ3v) is 6.90. The van der Waals surface area contributed by atoms with Crippen molar-refractivity contribution < 1.29 is 19.1 Å². The van der Waals surface area contributed by atoms with E-state index in [1.54, 1.807) is 12.1 Å². The molecule has 0 radical (unpaired) electrons. The van der Waals surface area contributed by atoms with Crippen LogP contribution in [0.4, 0.5) is 5.13 Å². The Labute approximate surface area is 201 Å². The number of morpholine rings is 1. The minimum Gasteiger partial charge on any atom is -0.379 e. The summed E-state index contributed by atoms with van der Waals surface area (Å²) in [6.07, 6.45) is 0. The summed E-state index contributed by atoms with van der Waals surface area (Å²) >= 11 is 1.41. The van der Waals surface area contributed by atoms with Crippen molar-refractivity contribution in [1.82, 2.24) is 14.8 Å². The number of ether oxygens (including phenoxy) is 1. The summed E-state index contributed by atoms with van der Waals surface area (Å²) in [5, 5.41) is 3.33. The molecule has 2 aliphatic heterocycles. The van der Waals surface area contributed by atoms with Crippen LogP contribution < -0.4 is 5.32 Å². The van der Waals surface area contributed by atoms with Crippen molar-refractivity contribution in [1.29, 1.82) is 0 Å². The number of aromatic nitrogens is 1. The lowest BCUT2D eigenvalue weighted by Crippen LogP contribution is -2.35. The number of hydrogen-bond acceptors (Lipinski definition) is 7. The summed E-state index contributed by atoms with van der Waals surface area (Å²) in [5.41, 5.74) is 2.96. The maximum Gasteiger partial charge on any atom is 0.261 e. The van der Waals surface area contributed by atoms with Crippen LogP contribution in [0.25, 0.3) is 10.2 Å². The van der Waals surface area contributed by atoms with Crippen LogP contribution >= 0.6 is 11.3 Å². The molecule has 9 heteroatoms. The smallest absolute Gasteiger partial charge is 0.261 e. The molecule has 0 unspecified atom stereocenters.